The maximum Gasteiger partial charge on any atom is 0.416 e. The predicted molar refractivity (Wildman–Crippen MR) is 66.0 cm³/mol. The molecule has 2 rings (SSSR count). The number of methoxy groups -OCH3 is 1. The lowest BCUT2D eigenvalue weighted by Gasteiger charge is -2.08. The Morgan fingerprint density at radius 3 is 2.50 bits per heavy atom. The number of hydrogen-bond acceptors (Lipinski definition) is 3. The highest BCUT2D eigenvalue weighted by atomic mass is 19.4. The number of ether oxygens (including phenoxy) is 1. The van der Waals surface area contributed by atoms with Crippen molar-refractivity contribution in [1.29, 1.82) is 0 Å². The molecule has 1 aromatic heterocycles. The number of pyridine rings is 1. The molecule has 1 heterocycles. The second kappa shape index (κ2) is 5.32. The minimum Gasteiger partial charge on any atom is -0.465 e. The Morgan fingerprint density at radius 2 is 1.95 bits per heavy atom. The van der Waals surface area contributed by atoms with Crippen molar-refractivity contribution in [2.24, 2.45) is 0 Å². The zero-order valence-electron chi connectivity index (χ0n) is 10.4. The molecule has 2 aromatic rings. The van der Waals surface area contributed by atoms with Crippen LogP contribution in [0.25, 0.3) is 11.3 Å². The largest absolute Gasteiger partial charge is 0.465 e. The SMILES string of the molecule is COC(=O)c1ccc(-c2cccc(C(F)(F)F)c2)nc1. The first-order chi connectivity index (χ1) is 9.41. The fourth-order valence-corrected chi connectivity index (χ4v) is 1.66. The number of carbonyl (C=O) groups excluding carboxylic acids is 1. The fraction of sp³-hybridized carbons (Fsp3) is 0.143. The Bertz CT molecular complexity index is 621. The van der Waals surface area contributed by atoms with Crippen LogP contribution in [0, 0.1) is 0 Å². The van der Waals surface area contributed by atoms with Crippen LogP contribution in [0.3, 0.4) is 0 Å². The molecule has 0 unspecified atom stereocenters. The third kappa shape index (κ3) is 2.96. The number of rotatable bonds is 2. The van der Waals surface area contributed by atoms with Gasteiger partial charge in [-0.1, -0.05) is 12.1 Å². The average Bonchev–Trinajstić information content (AvgIpc) is 2.46. The molecule has 0 fully saturated rings. The summed E-state index contributed by atoms with van der Waals surface area (Å²) < 4.78 is 42.4. The third-order valence-electron chi connectivity index (χ3n) is 2.67. The normalized spacial score (nSPS) is 11.2. The van der Waals surface area contributed by atoms with Gasteiger partial charge in [-0.2, -0.15) is 13.2 Å². The van der Waals surface area contributed by atoms with Crippen LogP contribution in [0.4, 0.5) is 13.2 Å². The number of nitrogens with zero attached hydrogens (tertiary/aromatic N) is 1. The lowest BCUT2D eigenvalue weighted by molar-refractivity contribution is -0.137. The highest BCUT2D eigenvalue weighted by Gasteiger charge is 2.30. The van der Waals surface area contributed by atoms with E-state index >= 15 is 0 Å². The first-order valence-electron chi connectivity index (χ1n) is 5.64. The molecule has 1 aromatic carbocycles. The van der Waals surface area contributed by atoms with E-state index in [1.807, 2.05) is 0 Å². The summed E-state index contributed by atoms with van der Waals surface area (Å²) in [7, 11) is 1.24. The van der Waals surface area contributed by atoms with Crippen molar-refractivity contribution < 1.29 is 22.7 Å². The fourth-order valence-electron chi connectivity index (χ4n) is 1.66. The molecular formula is C14H10F3NO2. The minimum absolute atomic E-state index is 0.239. The van der Waals surface area contributed by atoms with E-state index in [1.165, 1.54) is 37.6 Å². The van der Waals surface area contributed by atoms with Gasteiger partial charge in [0.1, 0.15) is 0 Å². The Hall–Kier alpha value is -2.37. The lowest BCUT2D eigenvalue weighted by atomic mass is 10.1. The molecule has 0 radical (unpaired) electrons. The van der Waals surface area contributed by atoms with Crippen molar-refractivity contribution in [3.8, 4) is 11.3 Å². The first kappa shape index (κ1) is 14.0. The van der Waals surface area contributed by atoms with E-state index in [0.717, 1.165) is 12.1 Å². The molecule has 0 spiro atoms. The zero-order chi connectivity index (χ0) is 14.8. The van der Waals surface area contributed by atoms with E-state index < -0.39 is 17.7 Å². The van der Waals surface area contributed by atoms with Gasteiger partial charge in [-0.15, -0.1) is 0 Å². The first-order valence-corrected chi connectivity index (χ1v) is 5.64. The van der Waals surface area contributed by atoms with E-state index in [4.69, 9.17) is 0 Å². The number of aromatic nitrogens is 1. The highest BCUT2D eigenvalue weighted by Crippen LogP contribution is 2.31. The van der Waals surface area contributed by atoms with Crippen molar-refractivity contribution in [3.05, 3.63) is 53.7 Å². The molecule has 0 N–H and O–H groups in total. The number of alkyl halides is 3. The van der Waals surface area contributed by atoms with E-state index in [-0.39, 0.29) is 5.56 Å². The molecule has 0 atom stereocenters. The predicted octanol–water partition coefficient (Wildman–Crippen LogP) is 3.55. The van der Waals surface area contributed by atoms with E-state index in [1.54, 1.807) is 0 Å². The summed E-state index contributed by atoms with van der Waals surface area (Å²) in [5, 5.41) is 0. The molecule has 0 bridgehead atoms. The Balaban J connectivity index is 2.35. The molecular weight excluding hydrogens is 271 g/mol. The number of esters is 1. The van der Waals surface area contributed by atoms with Crippen molar-refractivity contribution in [2.75, 3.05) is 7.11 Å². The monoisotopic (exact) mass is 281 g/mol. The number of halogens is 3. The molecule has 6 heteroatoms. The molecule has 0 saturated heterocycles. The second-order valence-corrected chi connectivity index (χ2v) is 4.00. The summed E-state index contributed by atoms with van der Waals surface area (Å²) in [4.78, 5) is 15.2. The Kier molecular flexibility index (Phi) is 3.74. The van der Waals surface area contributed by atoms with Gasteiger partial charge in [-0.05, 0) is 24.3 Å². The van der Waals surface area contributed by atoms with Crippen LogP contribution in [-0.2, 0) is 10.9 Å². The van der Waals surface area contributed by atoms with Crippen molar-refractivity contribution in [3.63, 3.8) is 0 Å². The third-order valence-corrected chi connectivity index (χ3v) is 2.67. The molecule has 0 aliphatic carbocycles. The molecule has 20 heavy (non-hydrogen) atoms. The van der Waals surface area contributed by atoms with E-state index in [9.17, 15) is 18.0 Å². The Labute approximate surface area is 113 Å². The van der Waals surface area contributed by atoms with Crippen molar-refractivity contribution in [1.82, 2.24) is 4.98 Å². The smallest absolute Gasteiger partial charge is 0.416 e. The lowest BCUT2D eigenvalue weighted by Crippen LogP contribution is -2.05. The van der Waals surface area contributed by atoms with Crippen LogP contribution < -0.4 is 0 Å². The summed E-state index contributed by atoms with van der Waals surface area (Å²) in [6.45, 7) is 0. The van der Waals surface area contributed by atoms with Crippen LogP contribution in [0.2, 0.25) is 0 Å². The van der Waals surface area contributed by atoms with Gasteiger partial charge in [0.2, 0.25) is 0 Å². The van der Waals surface area contributed by atoms with Crippen LogP contribution in [0.5, 0.6) is 0 Å². The quantitative estimate of drug-likeness (QED) is 0.790. The summed E-state index contributed by atoms with van der Waals surface area (Å²) in [5.74, 6) is -0.548. The van der Waals surface area contributed by atoms with Gasteiger partial charge in [-0.25, -0.2) is 4.79 Å². The van der Waals surface area contributed by atoms with Gasteiger partial charge in [-0.3, -0.25) is 4.98 Å². The molecule has 0 aliphatic rings. The topological polar surface area (TPSA) is 39.2 Å². The number of benzene rings is 1. The van der Waals surface area contributed by atoms with Crippen LogP contribution >= 0.6 is 0 Å². The molecule has 0 amide bonds. The summed E-state index contributed by atoms with van der Waals surface area (Å²) >= 11 is 0. The minimum atomic E-state index is -4.40. The van der Waals surface area contributed by atoms with Crippen LogP contribution in [-0.4, -0.2) is 18.1 Å². The van der Waals surface area contributed by atoms with Gasteiger partial charge in [0, 0.05) is 11.8 Å². The van der Waals surface area contributed by atoms with Gasteiger partial charge in [0.15, 0.2) is 0 Å². The van der Waals surface area contributed by atoms with Gasteiger partial charge in [0.05, 0.1) is 23.9 Å². The maximum absolute atomic E-state index is 12.6. The zero-order valence-corrected chi connectivity index (χ0v) is 10.4. The molecule has 0 aliphatic heterocycles. The van der Waals surface area contributed by atoms with Crippen molar-refractivity contribution in [2.45, 2.75) is 6.18 Å². The highest BCUT2D eigenvalue weighted by molar-refractivity contribution is 5.89. The molecule has 0 saturated carbocycles. The van der Waals surface area contributed by atoms with Crippen LogP contribution in [0.1, 0.15) is 15.9 Å². The van der Waals surface area contributed by atoms with E-state index in [0.29, 0.717) is 11.3 Å². The van der Waals surface area contributed by atoms with E-state index in [2.05, 4.69) is 9.72 Å². The second-order valence-electron chi connectivity index (χ2n) is 4.00. The number of carbonyl (C=O) groups is 1. The Morgan fingerprint density at radius 1 is 1.20 bits per heavy atom. The maximum atomic E-state index is 12.6. The number of hydrogen-bond donors (Lipinski definition) is 0. The average molecular weight is 281 g/mol. The standard InChI is InChI=1S/C14H10F3NO2/c1-20-13(19)10-5-6-12(18-8-10)9-3-2-4-11(7-9)14(15,16)17/h2-8H,1H3. The van der Waals surface area contributed by atoms with Crippen LogP contribution in [0.15, 0.2) is 42.6 Å². The molecule has 3 nitrogen and oxygen atoms in total. The summed E-state index contributed by atoms with van der Waals surface area (Å²) in [5.41, 5.74) is 0.178. The van der Waals surface area contributed by atoms with Gasteiger partial charge < -0.3 is 4.74 Å². The van der Waals surface area contributed by atoms with Crippen molar-refractivity contribution >= 4 is 5.97 Å². The van der Waals surface area contributed by atoms with Gasteiger partial charge >= 0.3 is 12.1 Å². The summed E-state index contributed by atoms with van der Waals surface area (Å²) in [6.07, 6.45) is -3.14. The molecule has 104 valence electrons. The summed E-state index contributed by atoms with van der Waals surface area (Å²) in [6, 6.07) is 7.77. The van der Waals surface area contributed by atoms with Gasteiger partial charge in [0.25, 0.3) is 0 Å².